The van der Waals surface area contributed by atoms with Crippen molar-refractivity contribution in [3.63, 3.8) is 0 Å². The van der Waals surface area contributed by atoms with E-state index in [-0.39, 0.29) is 35.9 Å². The number of rotatable bonds is 5. The molecule has 2 aliphatic heterocycles. The van der Waals surface area contributed by atoms with E-state index in [1.165, 1.54) is 26.9 Å². The number of hydrogen-bond acceptors (Lipinski definition) is 5. The zero-order chi connectivity index (χ0) is 23.0. The van der Waals surface area contributed by atoms with Crippen molar-refractivity contribution in [2.45, 2.75) is 43.0 Å². The van der Waals surface area contributed by atoms with Gasteiger partial charge in [-0.15, -0.1) is 0 Å². The number of ether oxygens (including phenoxy) is 1. The lowest BCUT2D eigenvalue weighted by Crippen LogP contribution is -2.46. The molecule has 0 radical (unpaired) electrons. The standard InChI is InChI=1S/C24H27N3O5S/c28-23(25-20-9-5-7-17-6-1-2-8-19(17)20)15-27-21-14-18(10-11-22(21)32-16-24(27)29)33(30,31)26-12-3-4-13-26/h1-2,6,8,10-11,14,20H,3-5,7,9,12-13,15-16H2,(H,25,28). The molecule has 33 heavy (non-hydrogen) atoms. The van der Waals surface area contributed by atoms with E-state index in [1.807, 2.05) is 18.2 Å². The first-order valence-electron chi connectivity index (χ1n) is 11.4. The van der Waals surface area contributed by atoms with E-state index in [2.05, 4.69) is 11.4 Å². The van der Waals surface area contributed by atoms with Gasteiger partial charge in [-0.1, -0.05) is 24.3 Å². The Kier molecular flexibility index (Phi) is 5.84. The SMILES string of the molecule is O=C(CN1C(=O)COc2ccc(S(=O)(=O)N3CCCC3)cc21)NC1CCCc2ccccc21. The maximum Gasteiger partial charge on any atom is 0.265 e. The number of benzene rings is 2. The van der Waals surface area contributed by atoms with Crippen molar-refractivity contribution in [1.82, 2.24) is 9.62 Å². The normalized spacial score (nSPS) is 20.7. The first kappa shape index (κ1) is 21.9. The zero-order valence-corrected chi connectivity index (χ0v) is 19.1. The number of anilines is 1. The fourth-order valence-corrected chi connectivity index (χ4v) is 6.42. The summed E-state index contributed by atoms with van der Waals surface area (Å²) >= 11 is 0. The molecule has 1 aliphatic carbocycles. The monoisotopic (exact) mass is 469 g/mol. The highest BCUT2D eigenvalue weighted by atomic mass is 32.2. The van der Waals surface area contributed by atoms with Crippen LogP contribution in [0.4, 0.5) is 5.69 Å². The van der Waals surface area contributed by atoms with Gasteiger partial charge in [-0.3, -0.25) is 14.5 Å². The molecule has 8 nitrogen and oxygen atoms in total. The fourth-order valence-electron chi connectivity index (χ4n) is 4.88. The van der Waals surface area contributed by atoms with Crippen LogP contribution in [0.25, 0.3) is 0 Å². The molecule has 9 heteroatoms. The molecule has 5 rings (SSSR count). The number of sulfonamides is 1. The van der Waals surface area contributed by atoms with Crippen LogP contribution in [0.2, 0.25) is 0 Å². The van der Waals surface area contributed by atoms with E-state index in [1.54, 1.807) is 6.07 Å². The van der Waals surface area contributed by atoms with Crippen molar-refractivity contribution in [1.29, 1.82) is 0 Å². The summed E-state index contributed by atoms with van der Waals surface area (Å²) in [5.41, 5.74) is 2.66. The number of amides is 2. The molecule has 1 saturated heterocycles. The third-order valence-corrected chi connectivity index (χ3v) is 8.48. The number of aryl methyl sites for hydroxylation is 1. The quantitative estimate of drug-likeness (QED) is 0.726. The van der Waals surface area contributed by atoms with Crippen LogP contribution in [-0.4, -0.2) is 50.8 Å². The van der Waals surface area contributed by atoms with Crippen molar-refractivity contribution in [3.8, 4) is 5.75 Å². The van der Waals surface area contributed by atoms with Crippen LogP contribution >= 0.6 is 0 Å². The maximum atomic E-state index is 13.0. The Morgan fingerprint density at radius 2 is 1.88 bits per heavy atom. The molecule has 3 aliphatic rings. The molecule has 1 N–H and O–H groups in total. The molecular formula is C24H27N3O5S. The van der Waals surface area contributed by atoms with Crippen LogP contribution < -0.4 is 15.0 Å². The van der Waals surface area contributed by atoms with Crippen LogP contribution in [0.5, 0.6) is 5.75 Å². The largest absolute Gasteiger partial charge is 0.482 e. The second-order valence-corrected chi connectivity index (χ2v) is 10.7. The summed E-state index contributed by atoms with van der Waals surface area (Å²) in [6.07, 6.45) is 4.49. The fraction of sp³-hybridized carbons (Fsp3) is 0.417. The number of carbonyl (C=O) groups excluding carboxylic acids is 2. The number of fused-ring (bicyclic) bond motifs is 2. The molecule has 0 spiro atoms. The van der Waals surface area contributed by atoms with E-state index in [9.17, 15) is 18.0 Å². The minimum Gasteiger partial charge on any atom is -0.482 e. The predicted octanol–water partition coefficient (Wildman–Crippen LogP) is 2.39. The minimum atomic E-state index is -3.66. The van der Waals surface area contributed by atoms with Crippen molar-refractivity contribution < 1.29 is 22.7 Å². The summed E-state index contributed by atoms with van der Waals surface area (Å²) < 4.78 is 33.0. The third kappa shape index (κ3) is 4.22. The summed E-state index contributed by atoms with van der Waals surface area (Å²) in [7, 11) is -3.66. The van der Waals surface area contributed by atoms with Gasteiger partial charge in [0.15, 0.2) is 6.61 Å². The van der Waals surface area contributed by atoms with Gasteiger partial charge in [0.05, 0.1) is 16.6 Å². The van der Waals surface area contributed by atoms with Crippen LogP contribution in [0.15, 0.2) is 47.4 Å². The molecule has 2 aromatic rings. The minimum absolute atomic E-state index is 0.0973. The molecule has 1 unspecified atom stereocenters. The highest BCUT2D eigenvalue weighted by molar-refractivity contribution is 7.89. The smallest absolute Gasteiger partial charge is 0.265 e. The Morgan fingerprint density at radius 1 is 1.09 bits per heavy atom. The van der Waals surface area contributed by atoms with Gasteiger partial charge in [-0.25, -0.2) is 8.42 Å². The molecule has 2 aromatic carbocycles. The molecule has 174 valence electrons. The van der Waals surface area contributed by atoms with Crippen molar-refractivity contribution in [3.05, 3.63) is 53.6 Å². The van der Waals surface area contributed by atoms with Crippen LogP contribution in [0, 0.1) is 0 Å². The Hall–Kier alpha value is -2.91. The van der Waals surface area contributed by atoms with Crippen molar-refractivity contribution in [2.24, 2.45) is 0 Å². The van der Waals surface area contributed by atoms with Gasteiger partial charge >= 0.3 is 0 Å². The number of nitrogens with one attached hydrogen (secondary N) is 1. The summed E-state index contributed by atoms with van der Waals surface area (Å²) in [4.78, 5) is 27.1. The third-order valence-electron chi connectivity index (χ3n) is 6.58. The van der Waals surface area contributed by atoms with E-state index in [4.69, 9.17) is 4.74 Å². The molecule has 0 bridgehead atoms. The average Bonchev–Trinajstić information content (AvgIpc) is 3.37. The summed E-state index contributed by atoms with van der Waals surface area (Å²) in [5, 5.41) is 3.06. The number of nitrogens with zero attached hydrogens (tertiary/aromatic N) is 2. The molecule has 0 saturated carbocycles. The Morgan fingerprint density at radius 3 is 2.70 bits per heavy atom. The lowest BCUT2D eigenvalue weighted by molar-refractivity contribution is -0.125. The molecule has 1 atom stereocenters. The summed E-state index contributed by atoms with van der Waals surface area (Å²) in [6, 6.07) is 12.5. The lowest BCUT2D eigenvalue weighted by Gasteiger charge is -2.31. The van der Waals surface area contributed by atoms with Crippen LogP contribution in [0.3, 0.4) is 0 Å². The van der Waals surface area contributed by atoms with E-state index >= 15 is 0 Å². The van der Waals surface area contributed by atoms with Gasteiger partial charge in [0, 0.05) is 13.1 Å². The topological polar surface area (TPSA) is 96.0 Å². The van der Waals surface area contributed by atoms with E-state index in [0.717, 1.165) is 37.7 Å². The van der Waals surface area contributed by atoms with Crippen LogP contribution in [0.1, 0.15) is 42.9 Å². The van der Waals surface area contributed by atoms with Gasteiger partial charge in [-0.2, -0.15) is 4.31 Å². The van der Waals surface area contributed by atoms with Gasteiger partial charge in [0.25, 0.3) is 5.91 Å². The van der Waals surface area contributed by atoms with E-state index < -0.39 is 10.0 Å². The van der Waals surface area contributed by atoms with Gasteiger partial charge in [-0.05, 0) is 61.4 Å². The predicted molar refractivity (Wildman–Crippen MR) is 123 cm³/mol. The maximum absolute atomic E-state index is 13.0. The Bertz CT molecular complexity index is 1190. The number of hydrogen-bond donors (Lipinski definition) is 1. The average molecular weight is 470 g/mol. The summed E-state index contributed by atoms with van der Waals surface area (Å²) in [5.74, 6) is -0.270. The van der Waals surface area contributed by atoms with E-state index in [0.29, 0.717) is 24.5 Å². The highest BCUT2D eigenvalue weighted by Crippen LogP contribution is 2.36. The molecular weight excluding hydrogens is 442 g/mol. The Balaban J connectivity index is 1.37. The zero-order valence-electron chi connectivity index (χ0n) is 18.3. The Labute approximate surface area is 193 Å². The van der Waals surface area contributed by atoms with Crippen LogP contribution in [-0.2, 0) is 26.0 Å². The second kappa shape index (κ2) is 8.79. The van der Waals surface area contributed by atoms with Gasteiger partial charge < -0.3 is 10.1 Å². The second-order valence-electron chi connectivity index (χ2n) is 8.72. The highest BCUT2D eigenvalue weighted by Gasteiger charge is 2.33. The first-order chi connectivity index (χ1) is 15.9. The molecule has 0 aromatic heterocycles. The summed E-state index contributed by atoms with van der Waals surface area (Å²) in [6.45, 7) is 0.597. The molecule has 2 heterocycles. The van der Waals surface area contributed by atoms with Gasteiger partial charge in [0.2, 0.25) is 15.9 Å². The number of carbonyl (C=O) groups is 2. The van der Waals surface area contributed by atoms with Crippen molar-refractivity contribution in [2.75, 3.05) is 31.1 Å². The van der Waals surface area contributed by atoms with Crippen molar-refractivity contribution >= 4 is 27.5 Å². The lowest BCUT2D eigenvalue weighted by atomic mass is 9.88. The molecule has 1 fully saturated rings. The van der Waals surface area contributed by atoms with Gasteiger partial charge in [0.1, 0.15) is 12.3 Å². The molecule has 2 amide bonds. The first-order valence-corrected chi connectivity index (χ1v) is 12.8.